The van der Waals surface area contributed by atoms with Crippen molar-refractivity contribution >= 4 is 29.2 Å². The normalized spacial score (nSPS) is 17.2. The van der Waals surface area contributed by atoms with Crippen LogP contribution < -0.4 is 11.1 Å². The molecule has 1 aromatic carbocycles. The zero-order valence-electron chi connectivity index (χ0n) is 10.3. The molecule has 102 valence electrons. The van der Waals surface area contributed by atoms with E-state index in [1.54, 1.807) is 0 Å². The maximum absolute atomic E-state index is 12.1. The summed E-state index contributed by atoms with van der Waals surface area (Å²) >= 11 is 5.75. The molecule has 19 heavy (non-hydrogen) atoms. The fourth-order valence-corrected chi connectivity index (χ4v) is 2.45. The minimum Gasteiger partial charge on any atom is -0.478 e. The lowest BCUT2D eigenvalue weighted by molar-refractivity contribution is -0.121. The summed E-state index contributed by atoms with van der Waals surface area (Å²) in [4.78, 5) is 23.2. The van der Waals surface area contributed by atoms with Crippen molar-refractivity contribution in [2.75, 3.05) is 5.32 Å². The number of hydrogen-bond donors (Lipinski definition) is 3. The minimum atomic E-state index is -1.14. The molecule has 1 saturated carbocycles. The van der Waals surface area contributed by atoms with Crippen LogP contribution in [0.15, 0.2) is 18.2 Å². The number of anilines is 1. The quantitative estimate of drug-likeness (QED) is 0.793. The van der Waals surface area contributed by atoms with Crippen LogP contribution in [0, 0.1) is 0 Å². The molecule has 1 aliphatic rings. The van der Waals surface area contributed by atoms with Gasteiger partial charge in [0.1, 0.15) is 0 Å². The monoisotopic (exact) mass is 282 g/mol. The Morgan fingerprint density at radius 1 is 1.32 bits per heavy atom. The number of aromatic carboxylic acids is 1. The van der Waals surface area contributed by atoms with Gasteiger partial charge in [0.05, 0.1) is 16.8 Å². The van der Waals surface area contributed by atoms with E-state index in [4.69, 9.17) is 22.4 Å². The van der Waals surface area contributed by atoms with E-state index in [1.165, 1.54) is 18.2 Å². The average molecular weight is 283 g/mol. The topological polar surface area (TPSA) is 92.4 Å². The van der Waals surface area contributed by atoms with E-state index in [9.17, 15) is 9.59 Å². The summed E-state index contributed by atoms with van der Waals surface area (Å²) in [6.45, 7) is 0. The van der Waals surface area contributed by atoms with Crippen LogP contribution in [0.4, 0.5) is 5.69 Å². The summed E-state index contributed by atoms with van der Waals surface area (Å²) < 4.78 is 0. The molecule has 1 amide bonds. The molecule has 6 heteroatoms. The van der Waals surface area contributed by atoms with Gasteiger partial charge in [0, 0.05) is 5.02 Å². The van der Waals surface area contributed by atoms with Crippen LogP contribution >= 0.6 is 11.6 Å². The van der Waals surface area contributed by atoms with E-state index in [0.29, 0.717) is 17.9 Å². The van der Waals surface area contributed by atoms with Gasteiger partial charge in [-0.05, 0) is 31.0 Å². The first-order valence-corrected chi connectivity index (χ1v) is 6.43. The van der Waals surface area contributed by atoms with E-state index < -0.39 is 11.5 Å². The summed E-state index contributed by atoms with van der Waals surface area (Å²) in [6.07, 6.45) is 3.07. The second-order valence-corrected chi connectivity index (χ2v) is 5.25. The highest BCUT2D eigenvalue weighted by molar-refractivity contribution is 6.31. The Labute approximate surface area is 115 Å². The molecule has 0 aromatic heterocycles. The number of amides is 1. The summed E-state index contributed by atoms with van der Waals surface area (Å²) in [5.74, 6) is -1.48. The maximum Gasteiger partial charge on any atom is 0.337 e. The molecular weight excluding hydrogens is 268 g/mol. The van der Waals surface area contributed by atoms with E-state index in [1.807, 2.05) is 0 Å². The van der Waals surface area contributed by atoms with Crippen LogP contribution in [0.2, 0.25) is 5.02 Å². The lowest BCUT2D eigenvalue weighted by Crippen LogP contribution is -2.48. The number of rotatable bonds is 3. The number of carbonyl (C=O) groups excluding carboxylic acids is 1. The van der Waals surface area contributed by atoms with Crippen molar-refractivity contribution in [3.8, 4) is 0 Å². The van der Waals surface area contributed by atoms with E-state index in [-0.39, 0.29) is 17.2 Å². The highest BCUT2D eigenvalue weighted by Crippen LogP contribution is 2.29. The van der Waals surface area contributed by atoms with Crippen molar-refractivity contribution < 1.29 is 14.7 Å². The molecule has 0 atom stereocenters. The first-order valence-electron chi connectivity index (χ1n) is 6.05. The molecule has 1 aromatic rings. The van der Waals surface area contributed by atoms with Gasteiger partial charge in [-0.3, -0.25) is 4.79 Å². The van der Waals surface area contributed by atoms with Gasteiger partial charge in [0.25, 0.3) is 0 Å². The summed E-state index contributed by atoms with van der Waals surface area (Å²) in [7, 11) is 0. The minimum absolute atomic E-state index is 0.0394. The molecule has 0 saturated heterocycles. The number of carboxylic acids is 1. The molecule has 0 unspecified atom stereocenters. The van der Waals surface area contributed by atoms with Crippen molar-refractivity contribution in [2.45, 2.75) is 31.2 Å². The van der Waals surface area contributed by atoms with Crippen molar-refractivity contribution in [1.29, 1.82) is 0 Å². The second-order valence-electron chi connectivity index (χ2n) is 4.81. The number of nitrogens with two attached hydrogens (primary N) is 1. The third-order valence-electron chi connectivity index (χ3n) is 3.41. The lowest BCUT2D eigenvalue weighted by atomic mass is 9.98. The first-order chi connectivity index (χ1) is 8.92. The number of hydrogen-bond acceptors (Lipinski definition) is 3. The molecule has 0 heterocycles. The van der Waals surface area contributed by atoms with Crippen LogP contribution in [0.3, 0.4) is 0 Å². The lowest BCUT2D eigenvalue weighted by Gasteiger charge is -2.22. The fraction of sp³-hybridized carbons (Fsp3) is 0.385. The summed E-state index contributed by atoms with van der Waals surface area (Å²) in [5.41, 5.74) is 5.31. The van der Waals surface area contributed by atoms with E-state index in [0.717, 1.165) is 12.8 Å². The van der Waals surface area contributed by atoms with Crippen LogP contribution in [0.1, 0.15) is 36.0 Å². The molecule has 4 N–H and O–H groups in total. The third-order valence-corrected chi connectivity index (χ3v) is 3.64. The van der Waals surface area contributed by atoms with Crippen LogP contribution in [-0.4, -0.2) is 22.5 Å². The molecule has 2 rings (SSSR count). The molecule has 1 fully saturated rings. The fourth-order valence-electron chi connectivity index (χ4n) is 2.28. The van der Waals surface area contributed by atoms with Gasteiger partial charge < -0.3 is 16.2 Å². The number of benzene rings is 1. The van der Waals surface area contributed by atoms with Crippen molar-refractivity contribution in [1.82, 2.24) is 0 Å². The zero-order valence-corrected chi connectivity index (χ0v) is 11.0. The highest BCUT2D eigenvalue weighted by atomic mass is 35.5. The maximum atomic E-state index is 12.1. The van der Waals surface area contributed by atoms with Gasteiger partial charge in [-0.25, -0.2) is 4.79 Å². The number of carboxylic acid groups (broad SMARTS) is 1. The molecule has 0 bridgehead atoms. The zero-order chi connectivity index (χ0) is 14.0. The van der Waals surface area contributed by atoms with Gasteiger partial charge in [0.2, 0.25) is 5.91 Å². The Kier molecular flexibility index (Phi) is 3.78. The van der Waals surface area contributed by atoms with Gasteiger partial charge in [-0.2, -0.15) is 0 Å². The number of nitrogens with one attached hydrogen (secondary N) is 1. The number of carbonyl (C=O) groups is 2. The average Bonchev–Trinajstić information content (AvgIpc) is 2.79. The molecule has 0 aliphatic heterocycles. The van der Waals surface area contributed by atoms with Gasteiger partial charge in [0.15, 0.2) is 0 Å². The van der Waals surface area contributed by atoms with Crippen LogP contribution in [-0.2, 0) is 4.79 Å². The number of halogens is 1. The van der Waals surface area contributed by atoms with Gasteiger partial charge >= 0.3 is 5.97 Å². The predicted octanol–water partition coefficient (Wildman–Crippen LogP) is 2.25. The molecule has 0 radical (unpaired) electrons. The van der Waals surface area contributed by atoms with Crippen molar-refractivity contribution in [3.05, 3.63) is 28.8 Å². The van der Waals surface area contributed by atoms with E-state index in [2.05, 4.69) is 5.32 Å². The van der Waals surface area contributed by atoms with Gasteiger partial charge in [-0.15, -0.1) is 0 Å². The van der Waals surface area contributed by atoms with Crippen molar-refractivity contribution in [3.63, 3.8) is 0 Å². The highest BCUT2D eigenvalue weighted by Gasteiger charge is 2.37. The molecule has 5 nitrogen and oxygen atoms in total. The SMILES string of the molecule is NC1(C(=O)Nc2ccc(Cl)cc2C(=O)O)CCCC1. The third kappa shape index (κ3) is 2.88. The molecule has 0 spiro atoms. The first kappa shape index (κ1) is 13.8. The van der Waals surface area contributed by atoms with Crippen molar-refractivity contribution in [2.24, 2.45) is 5.73 Å². The Morgan fingerprint density at radius 2 is 1.95 bits per heavy atom. The standard InChI is InChI=1S/C13H15ClN2O3/c14-8-3-4-10(9(7-8)11(17)18)16-12(19)13(15)5-1-2-6-13/h3-4,7H,1-2,5-6,15H2,(H,16,19)(H,17,18). The molecular formula is C13H15ClN2O3. The Bertz CT molecular complexity index is 525. The van der Waals surface area contributed by atoms with E-state index >= 15 is 0 Å². The summed E-state index contributed by atoms with van der Waals surface area (Å²) in [5, 5.41) is 12.0. The smallest absolute Gasteiger partial charge is 0.337 e. The molecule has 1 aliphatic carbocycles. The Morgan fingerprint density at radius 3 is 2.53 bits per heavy atom. The predicted molar refractivity (Wildman–Crippen MR) is 72.4 cm³/mol. The summed E-state index contributed by atoms with van der Waals surface area (Å²) in [6, 6.07) is 4.31. The van der Waals surface area contributed by atoms with Crippen LogP contribution in [0.5, 0.6) is 0 Å². The Hall–Kier alpha value is -1.59. The largest absolute Gasteiger partial charge is 0.478 e. The second kappa shape index (κ2) is 5.19. The Balaban J connectivity index is 2.23. The van der Waals surface area contributed by atoms with Gasteiger partial charge in [-0.1, -0.05) is 24.4 Å². The van der Waals surface area contributed by atoms with Crippen LogP contribution in [0.25, 0.3) is 0 Å².